The Morgan fingerprint density at radius 2 is 1.77 bits per heavy atom. The molecule has 0 aromatic carbocycles. The van der Waals surface area contributed by atoms with E-state index in [9.17, 15) is 9.59 Å². The van der Waals surface area contributed by atoms with Crippen LogP contribution >= 0.6 is 0 Å². The summed E-state index contributed by atoms with van der Waals surface area (Å²) in [7, 11) is 0. The van der Waals surface area contributed by atoms with Crippen molar-refractivity contribution in [2.24, 2.45) is 5.92 Å². The molecule has 1 fully saturated rings. The number of hydrogen-bond donors (Lipinski definition) is 0. The Balaban J connectivity index is 2.28. The van der Waals surface area contributed by atoms with E-state index in [4.69, 9.17) is 4.74 Å². The molecule has 0 aromatic rings. The van der Waals surface area contributed by atoms with Crippen LogP contribution in [-0.4, -0.2) is 17.7 Å². The molecule has 0 bridgehead atoms. The molecule has 1 aliphatic rings. The second-order valence-corrected chi connectivity index (χ2v) is 4.16. The van der Waals surface area contributed by atoms with Crippen LogP contribution in [0.2, 0.25) is 0 Å². The third-order valence-electron chi connectivity index (χ3n) is 1.48. The van der Waals surface area contributed by atoms with Crippen LogP contribution in [0.4, 0.5) is 4.79 Å². The summed E-state index contributed by atoms with van der Waals surface area (Å²) in [6.45, 7) is 5.15. The maximum absolute atomic E-state index is 11.0. The summed E-state index contributed by atoms with van der Waals surface area (Å²) >= 11 is 0. The quantitative estimate of drug-likeness (QED) is 0.463. The molecule has 0 saturated heterocycles. The third kappa shape index (κ3) is 3.92. The Morgan fingerprint density at radius 1 is 1.23 bits per heavy atom. The number of rotatable bonds is 1. The molecule has 0 heterocycles. The number of carbonyl (C=O) groups excluding carboxylic acids is 2. The highest BCUT2D eigenvalue weighted by molar-refractivity contribution is 5.84. The van der Waals surface area contributed by atoms with Gasteiger partial charge >= 0.3 is 12.1 Å². The molecule has 13 heavy (non-hydrogen) atoms. The van der Waals surface area contributed by atoms with Crippen LogP contribution < -0.4 is 0 Å². The minimum Gasteiger partial charge on any atom is -0.428 e. The summed E-state index contributed by atoms with van der Waals surface area (Å²) < 4.78 is 9.25. The maximum Gasteiger partial charge on any atom is 0.516 e. The van der Waals surface area contributed by atoms with Gasteiger partial charge in [0, 0.05) is 0 Å². The molecular weight excluding hydrogens is 172 g/mol. The highest BCUT2D eigenvalue weighted by Gasteiger charge is 2.33. The fraction of sp³-hybridized carbons (Fsp3) is 0.778. The molecule has 0 amide bonds. The molecule has 4 heteroatoms. The van der Waals surface area contributed by atoms with Crippen LogP contribution in [0.15, 0.2) is 0 Å². The molecule has 0 radical (unpaired) electrons. The SMILES string of the molecule is CC(C)(C)OC(=O)OC(=O)C1CC1. The Hall–Kier alpha value is -1.06. The smallest absolute Gasteiger partial charge is 0.428 e. The topological polar surface area (TPSA) is 52.6 Å². The van der Waals surface area contributed by atoms with Crippen LogP contribution in [0.1, 0.15) is 33.6 Å². The molecule has 0 atom stereocenters. The van der Waals surface area contributed by atoms with Gasteiger partial charge in [-0.3, -0.25) is 4.79 Å². The van der Waals surface area contributed by atoms with Crippen molar-refractivity contribution >= 4 is 12.1 Å². The standard InChI is InChI=1S/C9H14O4/c1-9(2,3)13-8(11)12-7(10)6-4-5-6/h6H,4-5H2,1-3H3. The lowest BCUT2D eigenvalue weighted by Crippen LogP contribution is -2.26. The molecule has 1 rings (SSSR count). The van der Waals surface area contributed by atoms with Crippen molar-refractivity contribution in [1.82, 2.24) is 0 Å². The van der Waals surface area contributed by atoms with E-state index < -0.39 is 17.7 Å². The molecule has 0 aliphatic heterocycles. The summed E-state index contributed by atoms with van der Waals surface area (Å²) in [5.74, 6) is -0.540. The van der Waals surface area contributed by atoms with Crippen molar-refractivity contribution in [1.29, 1.82) is 0 Å². The van der Waals surface area contributed by atoms with Crippen LogP contribution in [0.5, 0.6) is 0 Å². The maximum atomic E-state index is 11.0. The van der Waals surface area contributed by atoms with E-state index in [1.54, 1.807) is 20.8 Å². The summed E-state index contributed by atoms with van der Waals surface area (Å²) in [5.41, 5.74) is -0.610. The van der Waals surface area contributed by atoms with Crippen LogP contribution in [0.25, 0.3) is 0 Å². The molecule has 1 saturated carbocycles. The number of ether oxygens (including phenoxy) is 2. The number of hydrogen-bond acceptors (Lipinski definition) is 4. The third-order valence-corrected chi connectivity index (χ3v) is 1.48. The second kappa shape index (κ2) is 3.36. The van der Waals surface area contributed by atoms with E-state index in [0.29, 0.717) is 0 Å². The normalized spacial score (nSPS) is 16.5. The van der Waals surface area contributed by atoms with E-state index in [1.165, 1.54) is 0 Å². The van der Waals surface area contributed by atoms with Gasteiger partial charge in [0.1, 0.15) is 5.60 Å². The first-order valence-electron chi connectivity index (χ1n) is 4.33. The number of carbonyl (C=O) groups is 2. The summed E-state index contributed by atoms with van der Waals surface area (Å²) in [4.78, 5) is 21.9. The zero-order valence-corrected chi connectivity index (χ0v) is 8.12. The minimum absolute atomic E-state index is 0.0764. The van der Waals surface area contributed by atoms with Crippen molar-refractivity contribution in [3.8, 4) is 0 Å². The van der Waals surface area contributed by atoms with E-state index in [0.717, 1.165) is 12.8 Å². The van der Waals surface area contributed by atoms with Gasteiger partial charge in [-0.05, 0) is 33.6 Å². The van der Waals surface area contributed by atoms with Gasteiger partial charge in [-0.15, -0.1) is 0 Å². The highest BCUT2D eigenvalue weighted by Crippen LogP contribution is 2.30. The van der Waals surface area contributed by atoms with Gasteiger partial charge in [-0.1, -0.05) is 0 Å². The van der Waals surface area contributed by atoms with Gasteiger partial charge in [0.25, 0.3) is 0 Å². The van der Waals surface area contributed by atoms with Gasteiger partial charge in [0.2, 0.25) is 0 Å². The monoisotopic (exact) mass is 186 g/mol. The highest BCUT2D eigenvalue weighted by atomic mass is 16.7. The van der Waals surface area contributed by atoms with Crippen LogP contribution in [-0.2, 0) is 14.3 Å². The van der Waals surface area contributed by atoms with Crippen molar-refractivity contribution in [3.05, 3.63) is 0 Å². The summed E-state index contributed by atoms with van der Waals surface area (Å²) in [6.07, 6.45) is 0.743. The lowest BCUT2D eigenvalue weighted by Gasteiger charge is -2.17. The zero-order chi connectivity index (χ0) is 10.1. The van der Waals surface area contributed by atoms with Crippen molar-refractivity contribution in [2.45, 2.75) is 39.2 Å². The lowest BCUT2D eigenvalue weighted by molar-refractivity contribution is -0.142. The van der Waals surface area contributed by atoms with Crippen molar-refractivity contribution in [3.63, 3.8) is 0 Å². The molecule has 4 nitrogen and oxygen atoms in total. The van der Waals surface area contributed by atoms with Gasteiger partial charge in [0.05, 0.1) is 5.92 Å². The minimum atomic E-state index is -0.899. The van der Waals surface area contributed by atoms with Gasteiger partial charge < -0.3 is 9.47 Å². The Bertz CT molecular complexity index is 222. The molecule has 0 spiro atoms. The zero-order valence-electron chi connectivity index (χ0n) is 8.12. The van der Waals surface area contributed by atoms with E-state index in [2.05, 4.69) is 4.74 Å². The first-order chi connectivity index (χ1) is 5.88. The first-order valence-corrected chi connectivity index (χ1v) is 4.33. The largest absolute Gasteiger partial charge is 0.516 e. The fourth-order valence-corrected chi connectivity index (χ4v) is 0.755. The van der Waals surface area contributed by atoms with Gasteiger partial charge in [-0.25, -0.2) is 4.79 Å². The predicted molar refractivity (Wildman–Crippen MR) is 45.1 cm³/mol. The van der Waals surface area contributed by atoms with E-state index >= 15 is 0 Å². The lowest BCUT2D eigenvalue weighted by atomic mass is 10.2. The fourth-order valence-electron chi connectivity index (χ4n) is 0.755. The van der Waals surface area contributed by atoms with Crippen LogP contribution in [0.3, 0.4) is 0 Å². The first kappa shape index (κ1) is 10.0. The molecular formula is C9H14O4. The Morgan fingerprint density at radius 3 is 2.15 bits per heavy atom. The average Bonchev–Trinajstić information content (AvgIpc) is 2.60. The predicted octanol–water partition coefficient (Wildman–Crippen LogP) is 1.87. The van der Waals surface area contributed by atoms with Crippen molar-refractivity contribution < 1.29 is 19.1 Å². The van der Waals surface area contributed by atoms with Crippen molar-refractivity contribution in [2.75, 3.05) is 0 Å². The molecule has 1 aliphatic carbocycles. The Kier molecular flexibility index (Phi) is 2.59. The number of esters is 1. The average molecular weight is 186 g/mol. The second-order valence-electron chi connectivity index (χ2n) is 4.16. The molecule has 0 unspecified atom stereocenters. The van der Waals surface area contributed by atoms with Gasteiger partial charge in [-0.2, -0.15) is 0 Å². The summed E-state index contributed by atoms with van der Waals surface area (Å²) in [5, 5.41) is 0. The Labute approximate surface area is 77.2 Å². The van der Waals surface area contributed by atoms with Gasteiger partial charge in [0.15, 0.2) is 0 Å². The van der Waals surface area contributed by atoms with E-state index in [-0.39, 0.29) is 5.92 Å². The summed E-state index contributed by atoms with van der Waals surface area (Å²) in [6, 6.07) is 0. The molecule has 0 N–H and O–H groups in total. The van der Waals surface area contributed by atoms with E-state index in [1.807, 2.05) is 0 Å². The van der Waals surface area contributed by atoms with Crippen LogP contribution in [0, 0.1) is 5.92 Å². The molecule has 0 aromatic heterocycles. The molecule has 74 valence electrons.